The summed E-state index contributed by atoms with van der Waals surface area (Å²) in [6.07, 6.45) is 3.67. The molecule has 1 aliphatic rings. The molecule has 0 aliphatic carbocycles. The van der Waals surface area contributed by atoms with Gasteiger partial charge in [0.2, 0.25) is 5.91 Å². The molecule has 2 heterocycles. The normalized spacial score (nSPS) is 15.2. The molecule has 1 saturated heterocycles. The smallest absolute Gasteiger partial charge is 0.277 e. The van der Waals surface area contributed by atoms with Gasteiger partial charge in [-0.05, 0) is 37.1 Å². The Kier molecular flexibility index (Phi) is 7.25. The summed E-state index contributed by atoms with van der Waals surface area (Å²) in [4.78, 5) is 27.5. The maximum absolute atomic E-state index is 15.2. The standard InChI is InChI=1S/C19H21F2N5O4S/c1-12(27)23-16-8-5-13(11-22-16)24-19(28)17-14(20)6-7-15(18(17)21)26(31(29)30)25-9-3-2-4-10-25/h5-8,11H,2-4,9-10H2,1H3,(H,24,28)(H,29,30)(H,22,23,27). The summed E-state index contributed by atoms with van der Waals surface area (Å²) in [5.41, 5.74) is -1.13. The first-order valence-electron chi connectivity index (χ1n) is 9.47. The minimum Gasteiger partial charge on any atom is -0.320 e. The predicted octanol–water partition coefficient (Wildman–Crippen LogP) is 2.91. The van der Waals surface area contributed by atoms with Crippen LogP contribution in [0.3, 0.4) is 0 Å². The van der Waals surface area contributed by atoms with E-state index in [-0.39, 0.29) is 23.1 Å². The largest absolute Gasteiger partial charge is 0.320 e. The van der Waals surface area contributed by atoms with Crippen molar-refractivity contribution in [2.75, 3.05) is 28.1 Å². The molecular weight excluding hydrogens is 432 g/mol. The summed E-state index contributed by atoms with van der Waals surface area (Å²) in [5, 5.41) is 6.28. The number of piperidine rings is 1. The first kappa shape index (κ1) is 22.7. The summed E-state index contributed by atoms with van der Waals surface area (Å²) >= 11 is -2.62. The Morgan fingerprint density at radius 2 is 1.84 bits per heavy atom. The zero-order chi connectivity index (χ0) is 22.5. The van der Waals surface area contributed by atoms with E-state index >= 15 is 4.39 Å². The molecule has 1 aromatic carbocycles. The third-order valence-electron chi connectivity index (χ3n) is 4.57. The number of halogens is 2. The number of carbonyl (C=O) groups excluding carboxylic acids is 2. The molecule has 0 spiro atoms. The zero-order valence-corrected chi connectivity index (χ0v) is 17.4. The van der Waals surface area contributed by atoms with Crippen molar-refractivity contribution in [1.29, 1.82) is 0 Å². The van der Waals surface area contributed by atoms with Gasteiger partial charge in [0.15, 0.2) is 5.82 Å². The summed E-state index contributed by atoms with van der Waals surface area (Å²) in [5.74, 6) is -3.55. The number of pyridine rings is 1. The molecule has 3 N–H and O–H groups in total. The van der Waals surface area contributed by atoms with Gasteiger partial charge in [-0.25, -0.2) is 23.0 Å². The highest BCUT2D eigenvalue weighted by molar-refractivity contribution is 7.80. The molecule has 166 valence electrons. The minimum absolute atomic E-state index is 0.141. The molecule has 9 nitrogen and oxygen atoms in total. The number of nitrogens with one attached hydrogen (secondary N) is 2. The van der Waals surface area contributed by atoms with Crippen LogP contribution >= 0.6 is 0 Å². The van der Waals surface area contributed by atoms with E-state index < -0.39 is 34.4 Å². The highest BCUT2D eigenvalue weighted by Gasteiger charge is 2.30. The second-order valence-corrected chi connectivity index (χ2v) is 7.65. The van der Waals surface area contributed by atoms with E-state index in [4.69, 9.17) is 0 Å². The quantitative estimate of drug-likeness (QED) is 0.580. The molecule has 1 atom stereocenters. The highest BCUT2D eigenvalue weighted by atomic mass is 32.2. The van der Waals surface area contributed by atoms with Crippen molar-refractivity contribution in [1.82, 2.24) is 9.99 Å². The van der Waals surface area contributed by atoms with Gasteiger partial charge in [-0.3, -0.25) is 14.1 Å². The van der Waals surface area contributed by atoms with E-state index in [1.54, 1.807) is 0 Å². The first-order valence-corrected chi connectivity index (χ1v) is 10.5. The summed E-state index contributed by atoms with van der Waals surface area (Å²) in [6.45, 7) is 2.16. The molecule has 2 amide bonds. The maximum atomic E-state index is 15.2. The lowest BCUT2D eigenvalue weighted by Gasteiger charge is -2.35. The second-order valence-electron chi connectivity index (χ2n) is 6.84. The van der Waals surface area contributed by atoms with Gasteiger partial charge < -0.3 is 10.6 Å². The van der Waals surface area contributed by atoms with E-state index in [2.05, 4.69) is 15.6 Å². The Balaban J connectivity index is 1.87. The molecule has 0 radical (unpaired) electrons. The molecule has 2 aromatic rings. The lowest BCUT2D eigenvalue weighted by Crippen LogP contribution is -2.47. The molecule has 1 fully saturated rings. The van der Waals surface area contributed by atoms with Crippen LogP contribution in [-0.4, -0.2) is 43.7 Å². The number of carbonyl (C=O) groups is 2. The molecular formula is C19H21F2N5O4S. The fourth-order valence-corrected chi connectivity index (χ4v) is 3.88. The monoisotopic (exact) mass is 453 g/mol. The molecule has 0 bridgehead atoms. The van der Waals surface area contributed by atoms with Crippen LogP contribution in [0, 0.1) is 11.6 Å². The summed E-state index contributed by atoms with van der Waals surface area (Å²) < 4.78 is 52.0. The van der Waals surface area contributed by atoms with Crippen LogP contribution in [0.2, 0.25) is 0 Å². The summed E-state index contributed by atoms with van der Waals surface area (Å²) in [7, 11) is 0. The van der Waals surface area contributed by atoms with E-state index in [0.717, 1.165) is 35.8 Å². The average Bonchev–Trinajstić information content (AvgIpc) is 2.71. The number of hydrogen-bond donors (Lipinski definition) is 3. The van der Waals surface area contributed by atoms with Crippen molar-refractivity contribution in [2.45, 2.75) is 26.2 Å². The Morgan fingerprint density at radius 1 is 1.13 bits per heavy atom. The lowest BCUT2D eigenvalue weighted by molar-refractivity contribution is -0.114. The van der Waals surface area contributed by atoms with Crippen LogP contribution in [0.15, 0.2) is 30.5 Å². The number of benzene rings is 1. The SMILES string of the molecule is CC(=O)Nc1ccc(NC(=O)c2c(F)ccc(N(N3CCCCC3)S(=O)O)c2F)cn1. The van der Waals surface area contributed by atoms with Crippen LogP contribution in [-0.2, 0) is 16.1 Å². The van der Waals surface area contributed by atoms with Crippen LogP contribution in [0.1, 0.15) is 36.5 Å². The third-order valence-corrected chi connectivity index (χ3v) is 5.29. The van der Waals surface area contributed by atoms with Gasteiger partial charge in [0.25, 0.3) is 17.2 Å². The van der Waals surface area contributed by atoms with Crippen molar-refractivity contribution in [3.63, 3.8) is 0 Å². The van der Waals surface area contributed by atoms with E-state index in [1.165, 1.54) is 30.3 Å². The first-order chi connectivity index (χ1) is 14.8. The van der Waals surface area contributed by atoms with Crippen molar-refractivity contribution in [3.8, 4) is 0 Å². The highest BCUT2D eigenvalue weighted by Crippen LogP contribution is 2.29. The molecule has 3 rings (SSSR count). The van der Waals surface area contributed by atoms with Gasteiger partial charge in [-0.2, -0.15) is 4.41 Å². The van der Waals surface area contributed by atoms with Gasteiger partial charge in [-0.15, -0.1) is 0 Å². The van der Waals surface area contributed by atoms with Gasteiger partial charge in [0, 0.05) is 20.0 Å². The van der Waals surface area contributed by atoms with Gasteiger partial charge >= 0.3 is 0 Å². The lowest BCUT2D eigenvalue weighted by atomic mass is 10.1. The number of anilines is 3. The van der Waals surface area contributed by atoms with E-state index in [9.17, 15) is 22.7 Å². The fourth-order valence-electron chi connectivity index (χ4n) is 3.21. The van der Waals surface area contributed by atoms with Crippen molar-refractivity contribution < 1.29 is 27.1 Å². The van der Waals surface area contributed by atoms with E-state index in [0.29, 0.717) is 13.1 Å². The Labute approximate surface area is 179 Å². The van der Waals surface area contributed by atoms with Crippen molar-refractivity contribution in [3.05, 3.63) is 47.7 Å². The van der Waals surface area contributed by atoms with Gasteiger partial charge in [0.1, 0.15) is 22.9 Å². The second kappa shape index (κ2) is 9.90. The molecule has 0 saturated carbocycles. The molecule has 1 aromatic heterocycles. The Bertz CT molecular complexity index is 1000. The van der Waals surface area contributed by atoms with Gasteiger partial charge in [-0.1, -0.05) is 6.42 Å². The number of rotatable bonds is 6. The number of hydrogen-bond acceptors (Lipinski definition) is 5. The van der Waals surface area contributed by atoms with Crippen molar-refractivity contribution >= 4 is 40.3 Å². The van der Waals surface area contributed by atoms with Crippen molar-refractivity contribution in [2.24, 2.45) is 0 Å². The number of hydrazine groups is 1. The molecule has 12 heteroatoms. The van der Waals surface area contributed by atoms with E-state index in [1.807, 2.05) is 0 Å². The zero-order valence-electron chi connectivity index (χ0n) is 16.6. The van der Waals surface area contributed by atoms with Crippen LogP contribution in [0.4, 0.5) is 26.0 Å². The number of amides is 2. The van der Waals surface area contributed by atoms with Crippen LogP contribution in [0.25, 0.3) is 0 Å². The average molecular weight is 453 g/mol. The van der Waals surface area contributed by atoms with Gasteiger partial charge in [0.05, 0.1) is 11.9 Å². The van der Waals surface area contributed by atoms with Crippen LogP contribution in [0.5, 0.6) is 0 Å². The maximum Gasteiger partial charge on any atom is 0.277 e. The predicted molar refractivity (Wildman–Crippen MR) is 112 cm³/mol. The molecule has 1 aliphatic heterocycles. The number of aromatic nitrogens is 1. The third kappa shape index (κ3) is 5.40. The Hall–Kier alpha value is -2.96. The Morgan fingerprint density at radius 3 is 2.42 bits per heavy atom. The topological polar surface area (TPSA) is 115 Å². The summed E-state index contributed by atoms with van der Waals surface area (Å²) in [6, 6.07) is 4.70. The molecule has 31 heavy (non-hydrogen) atoms. The minimum atomic E-state index is -2.62. The van der Waals surface area contributed by atoms with Crippen LogP contribution < -0.4 is 15.0 Å². The number of nitrogens with zero attached hydrogens (tertiary/aromatic N) is 3. The fraction of sp³-hybridized carbons (Fsp3) is 0.316. The molecule has 1 unspecified atom stereocenters.